The molecule has 27 heavy (non-hydrogen) atoms. The molecule has 0 saturated heterocycles. The van der Waals surface area contributed by atoms with Gasteiger partial charge in [0.1, 0.15) is 0 Å². The van der Waals surface area contributed by atoms with E-state index in [0.717, 1.165) is 25.7 Å². The van der Waals surface area contributed by atoms with Crippen LogP contribution in [0.15, 0.2) is 42.5 Å². The van der Waals surface area contributed by atoms with E-state index in [-0.39, 0.29) is 23.9 Å². The Morgan fingerprint density at radius 2 is 1.81 bits per heavy atom. The zero-order valence-corrected chi connectivity index (χ0v) is 16.3. The molecule has 2 amide bonds. The van der Waals surface area contributed by atoms with Gasteiger partial charge in [0, 0.05) is 18.2 Å². The van der Waals surface area contributed by atoms with Gasteiger partial charge in [-0.25, -0.2) is 0 Å². The molecule has 4 N–H and O–H groups in total. The number of hydrogen-bond donors (Lipinski definition) is 3. The van der Waals surface area contributed by atoms with Crippen LogP contribution in [-0.4, -0.2) is 29.9 Å². The van der Waals surface area contributed by atoms with Gasteiger partial charge in [0.15, 0.2) is 0 Å². The third kappa shape index (κ3) is 8.39. The lowest BCUT2D eigenvalue weighted by atomic mass is 10.0. The monoisotopic (exact) mass is 371 g/mol. The normalized spacial score (nSPS) is 17.9. The lowest BCUT2D eigenvalue weighted by molar-refractivity contribution is -0.122. The maximum absolute atomic E-state index is 12.3. The molecule has 0 aromatic heterocycles. The molecule has 0 unspecified atom stereocenters. The van der Waals surface area contributed by atoms with E-state index in [0.29, 0.717) is 0 Å². The van der Waals surface area contributed by atoms with E-state index in [1.165, 1.54) is 31.2 Å². The highest BCUT2D eigenvalue weighted by Gasteiger charge is 2.15. The Hall–Kier alpha value is -2.14. The molecule has 1 fully saturated rings. The summed E-state index contributed by atoms with van der Waals surface area (Å²) in [6.45, 7) is 1.66. The molecule has 1 aromatic carbocycles. The van der Waals surface area contributed by atoms with E-state index in [1.54, 1.807) is 19.1 Å². The molecule has 5 nitrogen and oxygen atoms in total. The summed E-state index contributed by atoms with van der Waals surface area (Å²) >= 11 is 0. The Morgan fingerprint density at radius 3 is 2.44 bits per heavy atom. The minimum Gasteiger partial charge on any atom is -0.350 e. The average molecular weight is 372 g/mol. The molecule has 2 rings (SSSR count). The Kier molecular flexibility index (Phi) is 9.05. The highest BCUT2D eigenvalue weighted by Crippen LogP contribution is 2.17. The van der Waals surface area contributed by atoms with Gasteiger partial charge in [-0.3, -0.25) is 9.59 Å². The minimum absolute atomic E-state index is 0.0818. The van der Waals surface area contributed by atoms with Crippen molar-refractivity contribution in [1.82, 2.24) is 10.6 Å². The second kappa shape index (κ2) is 11.5. The number of carbonyl (C=O) groups excluding carboxylic acids is 2. The van der Waals surface area contributed by atoms with Crippen LogP contribution in [0.1, 0.15) is 57.4 Å². The van der Waals surface area contributed by atoms with Crippen LogP contribution in [0.25, 0.3) is 0 Å². The second-order valence-electron chi connectivity index (χ2n) is 7.48. The molecule has 1 saturated carbocycles. The van der Waals surface area contributed by atoms with Crippen LogP contribution in [0.4, 0.5) is 0 Å². The maximum atomic E-state index is 12.3. The number of carbonyl (C=O) groups is 2. The summed E-state index contributed by atoms with van der Waals surface area (Å²) in [5.74, 6) is -0.288. The van der Waals surface area contributed by atoms with Gasteiger partial charge in [0.05, 0.1) is 6.04 Å². The summed E-state index contributed by atoms with van der Waals surface area (Å²) in [6.07, 6.45) is 11.9. The smallest absolute Gasteiger partial charge is 0.243 e. The van der Waals surface area contributed by atoms with Gasteiger partial charge >= 0.3 is 0 Å². The third-order valence-electron chi connectivity index (χ3n) is 5.01. The van der Waals surface area contributed by atoms with Crippen molar-refractivity contribution in [3.05, 3.63) is 48.0 Å². The van der Waals surface area contributed by atoms with E-state index in [2.05, 4.69) is 22.8 Å². The summed E-state index contributed by atoms with van der Waals surface area (Å²) in [6, 6.07) is 9.59. The zero-order chi connectivity index (χ0) is 19.5. The van der Waals surface area contributed by atoms with E-state index < -0.39 is 6.04 Å². The van der Waals surface area contributed by atoms with Gasteiger partial charge in [-0.05, 0) is 38.2 Å². The molecule has 2 atom stereocenters. The number of aryl methyl sites for hydroxylation is 1. The Labute approximate surface area is 162 Å². The van der Waals surface area contributed by atoms with Crippen molar-refractivity contribution in [3.63, 3.8) is 0 Å². The predicted octanol–water partition coefficient (Wildman–Crippen LogP) is 2.85. The SMILES string of the molecule is C[C@H](N)C(=O)N[C@H](/C=C/C(=O)NC1CCCCCC1)CCc1ccccc1. The molecule has 148 valence electrons. The fourth-order valence-corrected chi connectivity index (χ4v) is 3.37. The summed E-state index contributed by atoms with van der Waals surface area (Å²) in [7, 11) is 0. The Balaban J connectivity index is 1.91. The second-order valence-corrected chi connectivity index (χ2v) is 7.48. The largest absolute Gasteiger partial charge is 0.350 e. The van der Waals surface area contributed by atoms with Crippen LogP contribution in [0.3, 0.4) is 0 Å². The van der Waals surface area contributed by atoms with Crippen LogP contribution in [-0.2, 0) is 16.0 Å². The Bertz CT molecular complexity index is 605. The number of rotatable bonds is 8. The van der Waals surface area contributed by atoms with Gasteiger partial charge < -0.3 is 16.4 Å². The predicted molar refractivity (Wildman–Crippen MR) is 109 cm³/mol. The van der Waals surface area contributed by atoms with Crippen molar-refractivity contribution in [2.45, 2.75) is 76.4 Å². The van der Waals surface area contributed by atoms with Crippen LogP contribution in [0, 0.1) is 0 Å². The van der Waals surface area contributed by atoms with Crippen molar-refractivity contribution in [3.8, 4) is 0 Å². The van der Waals surface area contributed by atoms with E-state index in [9.17, 15) is 9.59 Å². The summed E-state index contributed by atoms with van der Waals surface area (Å²) in [4.78, 5) is 24.3. The molecule has 0 aliphatic heterocycles. The van der Waals surface area contributed by atoms with Crippen LogP contribution >= 0.6 is 0 Å². The molecule has 1 aromatic rings. The van der Waals surface area contributed by atoms with Crippen LogP contribution in [0.5, 0.6) is 0 Å². The summed E-state index contributed by atoms with van der Waals surface area (Å²) in [5, 5.41) is 6.03. The van der Waals surface area contributed by atoms with Crippen LogP contribution < -0.4 is 16.4 Å². The fraction of sp³-hybridized carbons (Fsp3) is 0.545. The van der Waals surface area contributed by atoms with Crippen molar-refractivity contribution in [1.29, 1.82) is 0 Å². The molecule has 0 radical (unpaired) electrons. The summed E-state index contributed by atoms with van der Waals surface area (Å²) in [5.41, 5.74) is 6.87. The average Bonchev–Trinajstić information content (AvgIpc) is 2.93. The van der Waals surface area contributed by atoms with Crippen molar-refractivity contribution >= 4 is 11.8 Å². The van der Waals surface area contributed by atoms with Gasteiger partial charge in [0.25, 0.3) is 0 Å². The van der Waals surface area contributed by atoms with Crippen molar-refractivity contribution in [2.24, 2.45) is 5.73 Å². The molecule has 0 spiro atoms. The van der Waals surface area contributed by atoms with Gasteiger partial charge in [-0.1, -0.05) is 62.1 Å². The quantitative estimate of drug-likeness (QED) is 0.485. The highest BCUT2D eigenvalue weighted by atomic mass is 16.2. The maximum Gasteiger partial charge on any atom is 0.243 e. The zero-order valence-electron chi connectivity index (χ0n) is 16.3. The summed E-state index contributed by atoms with van der Waals surface area (Å²) < 4.78 is 0. The lowest BCUT2D eigenvalue weighted by Crippen LogP contribution is -2.43. The first kappa shape index (κ1) is 21.2. The van der Waals surface area contributed by atoms with E-state index in [1.807, 2.05) is 18.2 Å². The molecule has 1 aliphatic carbocycles. The standard InChI is InChI=1S/C22H33N3O2/c1-17(23)22(27)25-20(14-13-18-9-5-4-6-10-18)15-16-21(26)24-19-11-7-2-3-8-12-19/h4-6,9-10,15-17,19-20H,2-3,7-8,11-14,23H2,1H3,(H,24,26)(H,25,27)/b16-15+/t17-,20-/m0/s1. The van der Waals surface area contributed by atoms with Crippen LogP contribution in [0.2, 0.25) is 0 Å². The van der Waals surface area contributed by atoms with Crippen molar-refractivity contribution < 1.29 is 9.59 Å². The topological polar surface area (TPSA) is 84.2 Å². The number of hydrogen-bond acceptors (Lipinski definition) is 3. The molecular formula is C22H33N3O2. The number of amides is 2. The lowest BCUT2D eigenvalue weighted by Gasteiger charge is -2.18. The van der Waals surface area contributed by atoms with Crippen molar-refractivity contribution in [2.75, 3.05) is 0 Å². The highest BCUT2D eigenvalue weighted by molar-refractivity contribution is 5.88. The van der Waals surface area contributed by atoms with Gasteiger partial charge in [0.2, 0.25) is 11.8 Å². The number of nitrogens with one attached hydrogen (secondary N) is 2. The molecular weight excluding hydrogens is 338 g/mol. The first-order valence-electron chi connectivity index (χ1n) is 10.1. The van der Waals surface area contributed by atoms with E-state index >= 15 is 0 Å². The van der Waals surface area contributed by atoms with E-state index in [4.69, 9.17) is 5.73 Å². The molecule has 0 heterocycles. The number of benzene rings is 1. The first-order valence-corrected chi connectivity index (χ1v) is 10.1. The minimum atomic E-state index is -0.572. The number of nitrogens with two attached hydrogens (primary N) is 1. The van der Waals surface area contributed by atoms with Gasteiger partial charge in [-0.15, -0.1) is 0 Å². The van der Waals surface area contributed by atoms with Gasteiger partial charge in [-0.2, -0.15) is 0 Å². The Morgan fingerprint density at radius 1 is 1.15 bits per heavy atom. The molecule has 5 heteroatoms. The fourth-order valence-electron chi connectivity index (χ4n) is 3.37. The third-order valence-corrected chi connectivity index (χ3v) is 5.01. The molecule has 1 aliphatic rings. The first-order chi connectivity index (χ1) is 13.0. The molecule has 0 bridgehead atoms.